The molecule has 0 spiro atoms. The molecule has 5 nitrogen and oxygen atoms in total. The fourth-order valence-electron chi connectivity index (χ4n) is 2.02. The zero-order valence-corrected chi connectivity index (χ0v) is 12.2. The summed E-state index contributed by atoms with van der Waals surface area (Å²) < 4.78 is 1.91. The minimum atomic E-state index is 0.0452. The monoisotopic (exact) mass is 290 g/mol. The summed E-state index contributed by atoms with van der Waals surface area (Å²) in [5, 5.41) is 8.98. The number of amides is 1. The molecule has 0 aliphatic carbocycles. The fourth-order valence-corrected chi connectivity index (χ4v) is 2.23. The van der Waals surface area contributed by atoms with Gasteiger partial charge in [-0.25, -0.2) is 4.98 Å². The predicted molar refractivity (Wildman–Crippen MR) is 77.3 cm³/mol. The lowest BCUT2D eigenvalue weighted by atomic mass is 10.2. The van der Waals surface area contributed by atoms with E-state index in [1.807, 2.05) is 4.57 Å². The first kappa shape index (κ1) is 14.4. The Bertz CT molecular complexity index is 684. The van der Waals surface area contributed by atoms with E-state index >= 15 is 0 Å². The van der Waals surface area contributed by atoms with Crippen LogP contribution < -0.4 is 0 Å². The van der Waals surface area contributed by atoms with Crippen molar-refractivity contribution in [2.45, 2.75) is 18.8 Å². The van der Waals surface area contributed by atoms with Crippen molar-refractivity contribution in [2.24, 2.45) is 0 Å². The van der Waals surface area contributed by atoms with Gasteiger partial charge in [-0.05, 0) is 18.2 Å². The molecule has 0 saturated heterocycles. The summed E-state index contributed by atoms with van der Waals surface area (Å²) in [4.78, 5) is 17.7. The Morgan fingerprint density at radius 3 is 2.85 bits per heavy atom. The molecule has 0 saturated carbocycles. The average molecular weight is 291 g/mol. The molecular weight excluding hydrogens is 276 g/mol. The molecule has 0 unspecified atom stereocenters. The maximum atomic E-state index is 11.7. The number of aromatic nitrogens is 2. The maximum absolute atomic E-state index is 11.7. The van der Waals surface area contributed by atoms with Crippen LogP contribution in [-0.2, 0) is 17.2 Å². The molecule has 2 aromatic rings. The van der Waals surface area contributed by atoms with E-state index in [1.54, 1.807) is 37.2 Å². The molecule has 0 radical (unpaired) electrons. The molecule has 0 aliphatic rings. The van der Waals surface area contributed by atoms with E-state index in [1.165, 1.54) is 0 Å². The Kier molecular flexibility index (Phi) is 4.26. The van der Waals surface area contributed by atoms with Gasteiger partial charge < -0.3 is 9.47 Å². The van der Waals surface area contributed by atoms with Crippen LogP contribution in [0.25, 0.3) is 11.0 Å². The summed E-state index contributed by atoms with van der Waals surface area (Å²) in [5.74, 6) is 1.03. The Hall–Kier alpha value is -2.06. The van der Waals surface area contributed by atoms with E-state index in [-0.39, 0.29) is 11.8 Å². The molecule has 1 heterocycles. The van der Waals surface area contributed by atoms with Crippen molar-refractivity contribution in [2.75, 3.05) is 14.1 Å². The average Bonchev–Trinajstić information content (AvgIpc) is 2.81. The van der Waals surface area contributed by atoms with Crippen LogP contribution in [0.3, 0.4) is 0 Å². The van der Waals surface area contributed by atoms with Crippen LogP contribution in [0.4, 0.5) is 0 Å². The molecule has 1 amide bonds. The zero-order chi connectivity index (χ0) is 14.7. The summed E-state index contributed by atoms with van der Waals surface area (Å²) >= 11 is 5.91. The molecule has 0 bridgehead atoms. The smallest absolute Gasteiger partial charge is 0.223 e. The van der Waals surface area contributed by atoms with Crippen LogP contribution in [0.5, 0.6) is 0 Å². The number of alkyl halides is 1. The first-order valence-corrected chi connectivity index (χ1v) is 6.75. The number of carbonyl (C=O) groups is 1. The molecule has 0 fully saturated rings. The summed E-state index contributed by atoms with van der Waals surface area (Å²) in [6, 6.07) is 7.41. The number of nitrogens with zero attached hydrogens (tertiary/aromatic N) is 4. The van der Waals surface area contributed by atoms with Crippen LogP contribution in [-0.4, -0.2) is 34.5 Å². The molecule has 6 heteroatoms. The molecule has 1 aromatic carbocycles. The SMILES string of the molecule is CN(C)C(=O)CCn1c(CCl)nc2ccc(C#N)cc21. The van der Waals surface area contributed by atoms with E-state index in [2.05, 4.69) is 11.1 Å². The van der Waals surface area contributed by atoms with E-state index in [4.69, 9.17) is 16.9 Å². The van der Waals surface area contributed by atoms with Crippen molar-refractivity contribution < 1.29 is 4.79 Å². The number of nitriles is 1. The third-order valence-electron chi connectivity index (χ3n) is 3.12. The topological polar surface area (TPSA) is 61.9 Å². The summed E-state index contributed by atoms with van der Waals surface area (Å²) in [5.41, 5.74) is 2.20. The number of imidazole rings is 1. The number of benzene rings is 1. The fraction of sp³-hybridized carbons (Fsp3) is 0.357. The molecule has 0 aliphatic heterocycles. The van der Waals surface area contributed by atoms with Crippen molar-refractivity contribution in [1.82, 2.24) is 14.5 Å². The lowest BCUT2D eigenvalue weighted by molar-refractivity contribution is -0.128. The predicted octanol–water partition coefficient (Wildman–Crippen LogP) is 2.13. The van der Waals surface area contributed by atoms with Gasteiger partial charge in [0, 0.05) is 27.1 Å². The number of aryl methyl sites for hydroxylation is 1. The lowest BCUT2D eigenvalue weighted by Gasteiger charge is -2.12. The standard InChI is InChI=1S/C14H15ClN4O/c1-18(2)14(20)5-6-19-12-7-10(9-16)3-4-11(12)17-13(19)8-15/h3-4,7H,5-6,8H2,1-2H3. The lowest BCUT2D eigenvalue weighted by Crippen LogP contribution is -2.23. The highest BCUT2D eigenvalue weighted by atomic mass is 35.5. The number of rotatable bonds is 4. The quantitative estimate of drug-likeness (QED) is 0.810. The minimum Gasteiger partial charge on any atom is -0.349 e. The third-order valence-corrected chi connectivity index (χ3v) is 3.36. The van der Waals surface area contributed by atoms with Crippen molar-refractivity contribution in [3.05, 3.63) is 29.6 Å². The first-order chi connectivity index (χ1) is 9.56. The minimum absolute atomic E-state index is 0.0452. The van der Waals surface area contributed by atoms with Crippen LogP contribution in [0.1, 0.15) is 17.8 Å². The molecule has 20 heavy (non-hydrogen) atoms. The van der Waals surface area contributed by atoms with Gasteiger partial charge >= 0.3 is 0 Å². The Balaban J connectivity index is 2.39. The largest absolute Gasteiger partial charge is 0.349 e. The van der Waals surface area contributed by atoms with Gasteiger partial charge in [-0.15, -0.1) is 11.6 Å². The summed E-state index contributed by atoms with van der Waals surface area (Å²) in [6.07, 6.45) is 0.374. The van der Waals surface area contributed by atoms with Crippen molar-refractivity contribution >= 4 is 28.5 Å². The highest BCUT2D eigenvalue weighted by Crippen LogP contribution is 2.19. The molecule has 1 aromatic heterocycles. The second-order valence-electron chi connectivity index (χ2n) is 4.67. The molecular formula is C14H15ClN4O. The number of hydrogen-bond donors (Lipinski definition) is 0. The highest BCUT2D eigenvalue weighted by molar-refractivity contribution is 6.16. The van der Waals surface area contributed by atoms with E-state index < -0.39 is 0 Å². The number of halogens is 1. The molecule has 2 rings (SSSR count). The van der Waals surface area contributed by atoms with Crippen molar-refractivity contribution in [3.8, 4) is 6.07 Å². The Morgan fingerprint density at radius 2 is 2.25 bits per heavy atom. The van der Waals surface area contributed by atoms with Crippen LogP contribution in [0, 0.1) is 11.3 Å². The first-order valence-electron chi connectivity index (χ1n) is 6.22. The number of carbonyl (C=O) groups excluding carboxylic acids is 1. The molecule has 0 atom stereocenters. The van der Waals surface area contributed by atoms with Gasteiger partial charge in [0.1, 0.15) is 5.82 Å². The normalized spacial score (nSPS) is 10.5. The van der Waals surface area contributed by atoms with Crippen LogP contribution in [0.2, 0.25) is 0 Å². The molecule has 0 N–H and O–H groups in total. The highest BCUT2D eigenvalue weighted by Gasteiger charge is 2.12. The van der Waals surface area contributed by atoms with Gasteiger partial charge in [-0.1, -0.05) is 0 Å². The number of fused-ring (bicyclic) bond motifs is 1. The number of hydrogen-bond acceptors (Lipinski definition) is 3. The van der Waals surface area contributed by atoms with Crippen molar-refractivity contribution in [1.29, 1.82) is 5.26 Å². The maximum Gasteiger partial charge on any atom is 0.223 e. The third kappa shape index (κ3) is 2.75. The van der Waals surface area contributed by atoms with Crippen molar-refractivity contribution in [3.63, 3.8) is 0 Å². The van der Waals surface area contributed by atoms with Crippen LogP contribution >= 0.6 is 11.6 Å². The van der Waals surface area contributed by atoms with E-state index in [0.717, 1.165) is 11.0 Å². The van der Waals surface area contributed by atoms with Gasteiger partial charge in [-0.3, -0.25) is 4.79 Å². The summed E-state index contributed by atoms with van der Waals surface area (Å²) in [7, 11) is 3.45. The zero-order valence-electron chi connectivity index (χ0n) is 11.4. The Morgan fingerprint density at radius 1 is 1.50 bits per heavy atom. The Labute approximate surface area is 122 Å². The second kappa shape index (κ2) is 5.93. The molecule has 104 valence electrons. The van der Waals surface area contributed by atoms with Gasteiger partial charge in [0.2, 0.25) is 5.91 Å². The van der Waals surface area contributed by atoms with E-state index in [0.29, 0.717) is 24.4 Å². The van der Waals surface area contributed by atoms with E-state index in [9.17, 15) is 4.79 Å². The van der Waals surface area contributed by atoms with Gasteiger partial charge in [0.25, 0.3) is 0 Å². The summed E-state index contributed by atoms with van der Waals surface area (Å²) in [6.45, 7) is 0.504. The van der Waals surface area contributed by atoms with Gasteiger partial charge in [0.05, 0.1) is 28.5 Å². The van der Waals surface area contributed by atoms with Gasteiger partial charge in [0.15, 0.2) is 0 Å². The van der Waals surface area contributed by atoms with Gasteiger partial charge in [-0.2, -0.15) is 5.26 Å². The van der Waals surface area contributed by atoms with Crippen LogP contribution in [0.15, 0.2) is 18.2 Å². The second-order valence-corrected chi connectivity index (χ2v) is 4.93.